The molecule has 0 N–H and O–H groups in total. The van der Waals surface area contributed by atoms with Crippen LogP contribution in [0.5, 0.6) is 0 Å². The molecule has 0 unspecified atom stereocenters. The maximum atomic E-state index is 5.39. The van der Waals surface area contributed by atoms with Gasteiger partial charge in [0, 0.05) is 20.4 Å². The minimum atomic E-state index is 0. The first kappa shape index (κ1) is 38.5. The topological polar surface area (TPSA) is 24.7 Å². The molecule has 0 saturated carbocycles. The predicted molar refractivity (Wildman–Crippen MR) is 185 cm³/mol. The van der Waals surface area contributed by atoms with E-state index in [0.717, 1.165) is 43.5 Å². The van der Waals surface area contributed by atoms with Gasteiger partial charge in [0.25, 0.3) is 0 Å². The fraction of sp³-hybridized carbons (Fsp3) is 0.641. The number of hydrogen-bond donors (Lipinski definition) is 0. The Morgan fingerprint density at radius 3 is 1.17 bits per heavy atom. The van der Waals surface area contributed by atoms with Gasteiger partial charge in [0.2, 0.25) is 0 Å². The van der Waals surface area contributed by atoms with Crippen LogP contribution in [0, 0.1) is 0 Å². The summed E-state index contributed by atoms with van der Waals surface area (Å²) in [7, 11) is 0. The molecule has 0 amide bonds. The average molecular weight is 665 g/mol. The smallest absolute Gasteiger partial charge is 0.0636 e. The van der Waals surface area contributed by atoms with E-state index in [1.165, 1.54) is 124 Å². The Morgan fingerprint density at radius 1 is 0.429 bits per heavy atom. The Morgan fingerprint density at radius 2 is 0.786 bits per heavy atom. The molecule has 0 aliphatic carbocycles. The van der Waals surface area contributed by atoms with Crippen LogP contribution in [0.1, 0.15) is 160 Å². The van der Waals surface area contributed by atoms with Crippen LogP contribution in [0.3, 0.4) is 0 Å². The quantitative estimate of drug-likeness (QED) is 0.0680. The van der Waals surface area contributed by atoms with E-state index in [0.29, 0.717) is 0 Å². The molecule has 0 bridgehead atoms. The number of rotatable bonds is 22. The first-order chi connectivity index (χ1) is 20.1. The molecule has 0 fully saturated rings. The maximum absolute atomic E-state index is 5.39. The Bertz CT molecular complexity index is 1050. The second-order valence-electron chi connectivity index (χ2n) is 12.0. The molecular formula is C39H62N2Pd. The third kappa shape index (κ3) is 14.3. The van der Waals surface area contributed by atoms with E-state index in [-0.39, 0.29) is 20.4 Å². The third-order valence-corrected chi connectivity index (χ3v) is 8.22. The van der Waals surface area contributed by atoms with Gasteiger partial charge in [-0.15, -0.1) is 0 Å². The van der Waals surface area contributed by atoms with Crippen LogP contribution in [0.2, 0.25) is 0 Å². The van der Waals surface area contributed by atoms with Crippen molar-refractivity contribution >= 4 is 22.8 Å². The third-order valence-electron chi connectivity index (χ3n) is 8.22. The zero-order valence-electron chi connectivity index (χ0n) is 28.1. The van der Waals surface area contributed by atoms with Gasteiger partial charge in [0.15, 0.2) is 0 Å². The van der Waals surface area contributed by atoms with Crippen LogP contribution in [0.25, 0.3) is 0 Å². The zero-order valence-corrected chi connectivity index (χ0v) is 29.7. The van der Waals surface area contributed by atoms with Crippen molar-refractivity contribution < 1.29 is 20.4 Å². The van der Waals surface area contributed by atoms with E-state index in [2.05, 4.69) is 77.9 Å². The summed E-state index contributed by atoms with van der Waals surface area (Å²) < 4.78 is 0. The summed E-state index contributed by atoms with van der Waals surface area (Å²) in [5.41, 5.74) is 10.7. The van der Waals surface area contributed by atoms with Crippen molar-refractivity contribution in [2.75, 3.05) is 0 Å². The Balaban J connectivity index is 0.00000882. The van der Waals surface area contributed by atoms with Crippen molar-refractivity contribution in [3.63, 3.8) is 0 Å². The molecule has 238 valence electrons. The number of unbranched alkanes of at least 4 members (excludes halogenated alkanes) is 7. The minimum absolute atomic E-state index is 0. The minimum Gasteiger partial charge on any atom is -0.252 e. The van der Waals surface area contributed by atoms with Gasteiger partial charge in [-0.3, -0.25) is 9.98 Å². The van der Waals surface area contributed by atoms with Gasteiger partial charge in [-0.2, -0.15) is 0 Å². The molecule has 2 rings (SSSR count). The Kier molecular flexibility index (Phi) is 21.8. The number of hydrogen-bond acceptors (Lipinski definition) is 2. The molecule has 42 heavy (non-hydrogen) atoms. The summed E-state index contributed by atoms with van der Waals surface area (Å²) in [6.07, 6.45) is 22.6. The molecule has 0 atom stereocenters. The van der Waals surface area contributed by atoms with Gasteiger partial charge < -0.3 is 0 Å². The molecule has 2 aromatic rings. The van der Waals surface area contributed by atoms with Gasteiger partial charge in [-0.05, 0) is 124 Å². The Labute approximate surface area is 274 Å². The Hall–Kier alpha value is -1.56. The second-order valence-corrected chi connectivity index (χ2v) is 12.0. The predicted octanol–water partition coefficient (Wildman–Crippen LogP) is 12.7. The van der Waals surface area contributed by atoms with Crippen molar-refractivity contribution in [2.24, 2.45) is 9.98 Å². The van der Waals surface area contributed by atoms with Gasteiger partial charge >= 0.3 is 0 Å². The molecule has 0 saturated heterocycles. The number of aliphatic imine (C=N–C) groups is 2. The first-order valence-corrected chi connectivity index (χ1v) is 17.5. The van der Waals surface area contributed by atoms with Crippen LogP contribution in [0.4, 0.5) is 11.4 Å². The first-order valence-electron chi connectivity index (χ1n) is 17.5. The van der Waals surface area contributed by atoms with E-state index >= 15 is 0 Å². The van der Waals surface area contributed by atoms with Crippen LogP contribution in [-0.2, 0) is 46.1 Å². The SMILES string of the molecule is CCCCCC(=N\c1ccc(CCCC)c(CCCC)c1)/C(CCCC)=N/c1ccc(CCCC)c(CCCC)c1.[Pd]. The molecule has 0 heterocycles. The van der Waals surface area contributed by atoms with E-state index in [4.69, 9.17) is 9.98 Å². The van der Waals surface area contributed by atoms with Crippen LogP contribution < -0.4 is 0 Å². The van der Waals surface area contributed by atoms with Crippen molar-refractivity contribution in [1.82, 2.24) is 0 Å². The van der Waals surface area contributed by atoms with E-state index < -0.39 is 0 Å². The molecule has 2 aromatic carbocycles. The summed E-state index contributed by atoms with van der Waals surface area (Å²) in [4.78, 5) is 10.8. The van der Waals surface area contributed by atoms with E-state index in [1.807, 2.05) is 0 Å². The fourth-order valence-electron chi connectivity index (χ4n) is 5.51. The van der Waals surface area contributed by atoms with Gasteiger partial charge in [0.05, 0.1) is 22.8 Å². The largest absolute Gasteiger partial charge is 0.252 e. The number of nitrogens with zero attached hydrogens (tertiary/aromatic N) is 2. The molecule has 0 spiro atoms. The van der Waals surface area contributed by atoms with Crippen molar-refractivity contribution in [3.05, 3.63) is 58.7 Å². The van der Waals surface area contributed by atoms with Crippen molar-refractivity contribution in [1.29, 1.82) is 0 Å². The fourth-order valence-corrected chi connectivity index (χ4v) is 5.51. The van der Waals surface area contributed by atoms with Gasteiger partial charge in [-0.25, -0.2) is 0 Å². The number of aryl methyl sites for hydroxylation is 4. The van der Waals surface area contributed by atoms with Gasteiger partial charge in [-0.1, -0.05) is 98.6 Å². The average Bonchev–Trinajstić information content (AvgIpc) is 2.99. The van der Waals surface area contributed by atoms with Crippen molar-refractivity contribution in [3.8, 4) is 0 Å². The molecule has 0 aromatic heterocycles. The van der Waals surface area contributed by atoms with Crippen LogP contribution in [0.15, 0.2) is 46.4 Å². The van der Waals surface area contributed by atoms with Crippen LogP contribution in [-0.4, -0.2) is 11.4 Å². The summed E-state index contributed by atoms with van der Waals surface area (Å²) >= 11 is 0. The summed E-state index contributed by atoms with van der Waals surface area (Å²) in [5.74, 6) is 0. The maximum Gasteiger partial charge on any atom is 0.0636 e. The molecule has 0 aliphatic heterocycles. The van der Waals surface area contributed by atoms with Gasteiger partial charge in [0.1, 0.15) is 0 Å². The summed E-state index contributed by atoms with van der Waals surface area (Å²) in [6, 6.07) is 14.0. The van der Waals surface area contributed by atoms with Crippen LogP contribution >= 0.6 is 0 Å². The second kappa shape index (κ2) is 23.8. The van der Waals surface area contributed by atoms with E-state index in [9.17, 15) is 0 Å². The summed E-state index contributed by atoms with van der Waals surface area (Å²) in [6.45, 7) is 13.7. The molecule has 0 aliphatic rings. The van der Waals surface area contributed by atoms with E-state index in [1.54, 1.807) is 0 Å². The molecular weight excluding hydrogens is 603 g/mol. The molecule has 2 nitrogen and oxygen atoms in total. The monoisotopic (exact) mass is 664 g/mol. The standard InChI is InChI=1S/C39H62N2.Pd/c1-7-13-19-25-39(41-37-29-27-33(21-15-9-3)35(31-37)23-17-11-5)38(24-18-12-6)40-36-28-26-32(20-14-8-2)34(30-36)22-16-10-4;/h26-31H,7-25H2,1-6H3;/b40-38+,41-39+;. The zero-order chi connectivity index (χ0) is 29.7. The normalized spacial score (nSPS) is 12.0. The summed E-state index contributed by atoms with van der Waals surface area (Å²) in [5, 5.41) is 0. The number of benzene rings is 2. The molecule has 3 heteroatoms. The van der Waals surface area contributed by atoms with Crippen molar-refractivity contribution in [2.45, 2.75) is 164 Å². The molecule has 0 radical (unpaired) electrons.